The fourth-order valence-electron chi connectivity index (χ4n) is 2.76. The standard InChI is InChI=1S/C16H24N2O2/c1-13-11-17(2)9-4-10-18(13)12-14-5-7-15(8-6-14)16(19)20-3/h5-8,13H,4,9-12H2,1-3H3. The van der Waals surface area contributed by atoms with E-state index in [0.717, 1.165) is 19.6 Å². The van der Waals surface area contributed by atoms with Crippen LogP contribution in [-0.4, -0.2) is 55.6 Å². The topological polar surface area (TPSA) is 32.8 Å². The lowest BCUT2D eigenvalue weighted by Gasteiger charge is -2.27. The van der Waals surface area contributed by atoms with Gasteiger partial charge >= 0.3 is 5.97 Å². The molecule has 1 aromatic rings. The Kier molecular flexibility index (Phi) is 5.15. The molecule has 1 aromatic carbocycles. The summed E-state index contributed by atoms with van der Waals surface area (Å²) in [5, 5.41) is 0. The molecule has 0 aliphatic carbocycles. The monoisotopic (exact) mass is 276 g/mol. The fourth-order valence-corrected chi connectivity index (χ4v) is 2.76. The third-order valence-electron chi connectivity index (χ3n) is 3.95. The molecule has 0 saturated carbocycles. The zero-order valence-electron chi connectivity index (χ0n) is 12.6. The van der Waals surface area contributed by atoms with Crippen LogP contribution in [0.2, 0.25) is 0 Å². The van der Waals surface area contributed by atoms with Crippen molar-refractivity contribution in [3.63, 3.8) is 0 Å². The molecule has 0 radical (unpaired) electrons. The quantitative estimate of drug-likeness (QED) is 0.791. The van der Waals surface area contributed by atoms with E-state index in [1.807, 2.05) is 24.3 Å². The Balaban J connectivity index is 2.00. The summed E-state index contributed by atoms with van der Waals surface area (Å²) in [5.41, 5.74) is 1.86. The summed E-state index contributed by atoms with van der Waals surface area (Å²) < 4.78 is 4.72. The molecule has 4 nitrogen and oxygen atoms in total. The van der Waals surface area contributed by atoms with Gasteiger partial charge in [-0.2, -0.15) is 0 Å². The number of methoxy groups -OCH3 is 1. The zero-order chi connectivity index (χ0) is 14.5. The van der Waals surface area contributed by atoms with Crippen LogP contribution in [0.25, 0.3) is 0 Å². The normalized spacial score (nSPS) is 21.4. The first-order valence-electron chi connectivity index (χ1n) is 7.20. The Bertz CT molecular complexity index is 444. The van der Waals surface area contributed by atoms with E-state index in [-0.39, 0.29) is 5.97 Å². The van der Waals surface area contributed by atoms with Crippen LogP contribution in [0.15, 0.2) is 24.3 Å². The van der Waals surface area contributed by atoms with Crippen molar-refractivity contribution in [1.29, 1.82) is 0 Å². The summed E-state index contributed by atoms with van der Waals surface area (Å²) in [6.45, 7) is 6.63. The molecule has 1 unspecified atom stereocenters. The number of rotatable bonds is 3. The van der Waals surface area contributed by atoms with Crippen molar-refractivity contribution in [2.45, 2.75) is 25.9 Å². The lowest BCUT2D eigenvalue weighted by Crippen LogP contribution is -2.37. The van der Waals surface area contributed by atoms with Crippen molar-refractivity contribution in [1.82, 2.24) is 9.80 Å². The van der Waals surface area contributed by atoms with Crippen LogP contribution in [0, 0.1) is 0 Å². The van der Waals surface area contributed by atoms with Gasteiger partial charge in [0, 0.05) is 25.7 Å². The highest BCUT2D eigenvalue weighted by Crippen LogP contribution is 2.14. The minimum atomic E-state index is -0.277. The number of esters is 1. The van der Waals surface area contributed by atoms with Crippen LogP contribution in [0.1, 0.15) is 29.3 Å². The summed E-state index contributed by atoms with van der Waals surface area (Å²) in [7, 11) is 3.59. The van der Waals surface area contributed by atoms with Crippen molar-refractivity contribution in [2.75, 3.05) is 33.8 Å². The second-order valence-electron chi connectivity index (χ2n) is 5.62. The largest absolute Gasteiger partial charge is 0.465 e. The molecule has 1 aliphatic rings. The van der Waals surface area contributed by atoms with E-state index in [1.54, 1.807) is 0 Å². The fraction of sp³-hybridized carbons (Fsp3) is 0.562. The Labute approximate surface area is 121 Å². The summed E-state index contributed by atoms with van der Waals surface area (Å²) in [6.07, 6.45) is 1.21. The number of carbonyl (C=O) groups is 1. The van der Waals surface area contributed by atoms with Gasteiger partial charge < -0.3 is 9.64 Å². The summed E-state index contributed by atoms with van der Waals surface area (Å²) in [4.78, 5) is 16.3. The summed E-state index contributed by atoms with van der Waals surface area (Å²) in [5.74, 6) is -0.277. The molecule has 2 rings (SSSR count). The van der Waals surface area contributed by atoms with Crippen molar-refractivity contribution in [2.24, 2.45) is 0 Å². The van der Waals surface area contributed by atoms with Crippen LogP contribution in [0.3, 0.4) is 0 Å². The number of ether oxygens (including phenoxy) is 1. The predicted molar refractivity (Wildman–Crippen MR) is 79.8 cm³/mol. The van der Waals surface area contributed by atoms with E-state index in [1.165, 1.54) is 25.6 Å². The van der Waals surface area contributed by atoms with Crippen LogP contribution < -0.4 is 0 Å². The van der Waals surface area contributed by atoms with Gasteiger partial charge in [0.1, 0.15) is 0 Å². The molecular weight excluding hydrogens is 252 g/mol. The second kappa shape index (κ2) is 6.86. The second-order valence-corrected chi connectivity index (χ2v) is 5.62. The maximum Gasteiger partial charge on any atom is 0.337 e. The molecule has 1 atom stereocenters. The summed E-state index contributed by atoms with van der Waals surface area (Å²) in [6, 6.07) is 8.29. The third-order valence-corrected chi connectivity index (χ3v) is 3.95. The molecule has 110 valence electrons. The van der Waals surface area contributed by atoms with Gasteiger partial charge in [-0.3, -0.25) is 4.90 Å². The number of nitrogens with zero attached hydrogens (tertiary/aromatic N) is 2. The van der Waals surface area contributed by atoms with Crippen LogP contribution in [0.4, 0.5) is 0 Å². The van der Waals surface area contributed by atoms with Crippen molar-refractivity contribution >= 4 is 5.97 Å². The Hall–Kier alpha value is -1.39. The van der Waals surface area contributed by atoms with E-state index in [9.17, 15) is 4.79 Å². The molecule has 1 heterocycles. The lowest BCUT2D eigenvalue weighted by atomic mass is 10.1. The van der Waals surface area contributed by atoms with Gasteiger partial charge in [-0.05, 0) is 44.6 Å². The molecule has 0 aromatic heterocycles. The molecular formula is C16H24N2O2. The lowest BCUT2D eigenvalue weighted by molar-refractivity contribution is 0.0600. The maximum absolute atomic E-state index is 11.4. The average Bonchev–Trinajstić information content (AvgIpc) is 2.60. The first kappa shape index (κ1) is 15.0. The van der Waals surface area contributed by atoms with Crippen molar-refractivity contribution in [3.8, 4) is 0 Å². The van der Waals surface area contributed by atoms with E-state index in [2.05, 4.69) is 23.8 Å². The van der Waals surface area contributed by atoms with Crippen molar-refractivity contribution in [3.05, 3.63) is 35.4 Å². The maximum atomic E-state index is 11.4. The van der Waals surface area contributed by atoms with Crippen LogP contribution >= 0.6 is 0 Å². The molecule has 0 spiro atoms. The number of hydrogen-bond acceptors (Lipinski definition) is 4. The minimum Gasteiger partial charge on any atom is -0.465 e. The van der Waals surface area contributed by atoms with E-state index in [0.29, 0.717) is 11.6 Å². The zero-order valence-corrected chi connectivity index (χ0v) is 12.6. The number of benzene rings is 1. The smallest absolute Gasteiger partial charge is 0.337 e. The highest BCUT2D eigenvalue weighted by Gasteiger charge is 2.19. The van der Waals surface area contributed by atoms with Crippen molar-refractivity contribution < 1.29 is 9.53 Å². The molecule has 0 N–H and O–H groups in total. The highest BCUT2D eigenvalue weighted by atomic mass is 16.5. The van der Waals surface area contributed by atoms with Gasteiger partial charge in [0.2, 0.25) is 0 Å². The number of likely N-dealkylation sites (N-methyl/N-ethyl adjacent to an activating group) is 1. The molecule has 0 amide bonds. The van der Waals surface area contributed by atoms with E-state index >= 15 is 0 Å². The van der Waals surface area contributed by atoms with Gasteiger partial charge in [0.25, 0.3) is 0 Å². The number of carbonyl (C=O) groups excluding carboxylic acids is 1. The van der Waals surface area contributed by atoms with Gasteiger partial charge in [-0.25, -0.2) is 4.79 Å². The van der Waals surface area contributed by atoms with Crippen LogP contribution in [0.5, 0.6) is 0 Å². The SMILES string of the molecule is COC(=O)c1ccc(CN2CCCN(C)CC2C)cc1. The first-order chi connectivity index (χ1) is 9.60. The van der Waals surface area contributed by atoms with E-state index in [4.69, 9.17) is 4.74 Å². The van der Waals surface area contributed by atoms with Gasteiger partial charge in [-0.1, -0.05) is 12.1 Å². The van der Waals surface area contributed by atoms with Crippen LogP contribution in [-0.2, 0) is 11.3 Å². The molecule has 4 heteroatoms. The average molecular weight is 276 g/mol. The van der Waals surface area contributed by atoms with Gasteiger partial charge in [0.15, 0.2) is 0 Å². The molecule has 20 heavy (non-hydrogen) atoms. The van der Waals surface area contributed by atoms with E-state index < -0.39 is 0 Å². The Morgan fingerprint density at radius 1 is 1.30 bits per heavy atom. The molecule has 1 aliphatic heterocycles. The number of hydrogen-bond donors (Lipinski definition) is 0. The van der Waals surface area contributed by atoms with Gasteiger partial charge in [0.05, 0.1) is 12.7 Å². The molecule has 0 bridgehead atoms. The summed E-state index contributed by atoms with van der Waals surface area (Å²) >= 11 is 0. The third kappa shape index (κ3) is 3.81. The van der Waals surface area contributed by atoms with Gasteiger partial charge in [-0.15, -0.1) is 0 Å². The molecule has 1 fully saturated rings. The predicted octanol–water partition coefficient (Wildman–Crippen LogP) is 2.00. The minimum absolute atomic E-state index is 0.277. The highest BCUT2D eigenvalue weighted by molar-refractivity contribution is 5.89. The first-order valence-corrected chi connectivity index (χ1v) is 7.20. The Morgan fingerprint density at radius 3 is 2.65 bits per heavy atom. The molecule has 1 saturated heterocycles. The Morgan fingerprint density at radius 2 is 2.00 bits per heavy atom.